The fourth-order valence-corrected chi connectivity index (χ4v) is 13.4. The van der Waals surface area contributed by atoms with E-state index in [9.17, 15) is 8.42 Å². The van der Waals surface area contributed by atoms with E-state index < -0.39 is 16.9 Å². The Balaban J connectivity index is 2.01. The molecule has 0 bridgehead atoms. The van der Waals surface area contributed by atoms with Crippen LogP contribution >= 0.6 is 6.83 Å². The Kier molecular flexibility index (Phi) is 6.36. The summed E-state index contributed by atoms with van der Waals surface area (Å²) in [5.41, 5.74) is 0.976. The van der Waals surface area contributed by atoms with Crippen molar-refractivity contribution in [1.29, 1.82) is 0 Å². The topological polar surface area (TPSA) is 43.4 Å². The van der Waals surface area contributed by atoms with Crippen LogP contribution in [0.15, 0.2) is 150 Å². The molecule has 0 atom stereocenters. The van der Waals surface area contributed by atoms with Gasteiger partial charge in [0.05, 0.1) is 0 Å². The summed E-state index contributed by atoms with van der Waals surface area (Å²) in [6.45, 7) is -2.38. The normalized spacial score (nSPS) is 13.0. The minimum atomic E-state index is -4.31. The van der Waals surface area contributed by atoms with E-state index in [0.717, 1.165) is 26.8 Å². The molecule has 0 aliphatic rings. The molecule has 5 rings (SSSR count). The average Bonchev–Trinajstić information content (AvgIpc) is 2.94. The fourth-order valence-electron chi connectivity index (χ4n) is 4.86. The van der Waals surface area contributed by atoms with Gasteiger partial charge in [-0.15, -0.1) is 0 Å². The van der Waals surface area contributed by atoms with Gasteiger partial charge in [0.2, 0.25) is 0 Å². The molecule has 0 aliphatic carbocycles. The number of aryl methyl sites for hydroxylation is 1. The van der Waals surface area contributed by atoms with Gasteiger partial charge < -0.3 is 0 Å². The van der Waals surface area contributed by atoms with Crippen LogP contribution in [0.4, 0.5) is 0 Å². The molecule has 5 heteroatoms. The van der Waals surface area contributed by atoms with Gasteiger partial charge in [0.15, 0.2) is 0 Å². The zero-order chi connectivity index (χ0) is 25.1. The van der Waals surface area contributed by atoms with E-state index >= 15 is 0 Å². The number of benzene rings is 5. The Labute approximate surface area is 213 Å². The maximum absolute atomic E-state index is 14.3. The van der Waals surface area contributed by atoms with Crippen LogP contribution in [0.2, 0.25) is 0 Å². The molecule has 180 valence electrons. The van der Waals surface area contributed by atoms with E-state index in [1.54, 1.807) is 24.3 Å². The van der Waals surface area contributed by atoms with Crippen molar-refractivity contribution in [2.75, 3.05) is 0 Å². The first-order valence-electron chi connectivity index (χ1n) is 11.7. The second kappa shape index (κ2) is 9.48. The molecule has 0 aliphatic heterocycles. The molecule has 0 saturated carbocycles. The van der Waals surface area contributed by atoms with Crippen molar-refractivity contribution >= 4 is 38.2 Å². The van der Waals surface area contributed by atoms with Gasteiger partial charge in [-0.3, -0.25) is 0 Å². The first-order chi connectivity index (χ1) is 17.5. The van der Waals surface area contributed by atoms with Gasteiger partial charge in [-0.2, -0.15) is 0 Å². The molecule has 0 heterocycles. The Bertz CT molecular complexity index is 1380. The molecule has 5 aromatic carbocycles. The van der Waals surface area contributed by atoms with E-state index in [2.05, 4.69) is 0 Å². The number of hydrogen-bond donors (Lipinski definition) is 0. The SMILES string of the molecule is Cc1ccc(S(=O)(=O)OP(c2ccccc2)(c2ccccc2)(c2ccccc2)c2ccccc2)cc1. The summed E-state index contributed by atoms with van der Waals surface area (Å²) in [5, 5.41) is 3.23. The van der Waals surface area contributed by atoms with Crippen LogP contribution in [0.3, 0.4) is 0 Å². The molecule has 0 spiro atoms. The van der Waals surface area contributed by atoms with Gasteiger partial charge in [0.1, 0.15) is 0 Å². The fraction of sp³-hybridized carbons (Fsp3) is 0.0323. The molecule has 5 aromatic rings. The van der Waals surface area contributed by atoms with Crippen LogP contribution in [0.25, 0.3) is 0 Å². The van der Waals surface area contributed by atoms with Crippen LogP contribution in [0.5, 0.6) is 0 Å². The monoisotopic (exact) mass is 510 g/mol. The van der Waals surface area contributed by atoms with E-state index in [4.69, 9.17) is 3.97 Å². The Hall–Kier alpha value is -3.56. The van der Waals surface area contributed by atoms with E-state index in [0.29, 0.717) is 0 Å². The maximum atomic E-state index is 14.3. The molecule has 0 unspecified atom stereocenters. The number of hydrogen-bond acceptors (Lipinski definition) is 3. The minimum absolute atomic E-state index is 0.126. The van der Waals surface area contributed by atoms with Gasteiger partial charge >= 0.3 is 214 Å². The van der Waals surface area contributed by atoms with Crippen LogP contribution in [-0.2, 0) is 14.1 Å². The van der Waals surface area contributed by atoms with Crippen molar-refractivity contribution in [3.8, 4) is 0 Å². The Morgan fingerprint density at radius 1 is 0.472 bits per heavy atom. The second-order valence-corrected chi connectivity index (χ2v) is 14.8. The van der Waals surface area contributed by atoms with E-state index in [-0.39, 0.29) is 4.90 Å². The van der Waals surface area contributed by atoms with Crippen molar-refractivity contribution in [3.05, 3.63) is 151 Å². The van der Waals surface area contributed by atoms with Crippen molar-refractivity contribution in [2.24, 2.45) is 0 Å². The summed E-state index contributed by atoms with van der Waals surface area (Å²) < 4.78 is 35.4. The van der Waals surface area contributed by atoms with Gasteiger partial charge in [-0.05, 0) is 0 Å². The summed E-state index contributed by atoms with van der Waals surface area (Å²) in [7, 11) is -4.23. The molecule has 0 amide bonds. The van der Waals surface area contributed by atoms with Gasteiger partial charge in [-0.25, -0.2) is 0 Å². The molecule has 0 aromatic heterocycles. The molecule has 0 fully saturated rings. The summed E-state index contributed by atoms with van der Waals surface area (Å²) >= 11 is 0. The van der Waals surface area contributed by atoms with Gasteiger partial charge in [0.25, 0.3) is 0 Å². The van der Waals surface area contributed by atoms with Crippen LogP contribution in [0, 0.1) is 6.92 Å². The van der Waals surface area contributed by atoms with Crippen LogP contribution in [-0.4, -0.2) is 8.42 Å². The molecular formula is C31H27O3PS. The van der Waals surface area contributed by atoms with Crippen molar-refractivity contribution in [2.45, 2.75) is 11.8 Å². The van der Waals surface area contributed by atoms with Gasteiger partial charge in [0, 0.05) is 0 Å². The third kappa shape index (κ3) is 3.79. The molecule has 36 heavy (non-hydrogen) atoms. The average molecular weight is 511 g/mol. The zero-order valence-electron chi connectivity index (χ0n) is 19.9. The zero-order valence-corrected chi connectivity index (χ0v) is 21.6. The van der Waals surface area contributed by atoms with Crippen molar-refractivity contribution in [1.82, 2.24) is 0 Å². The Morgan fingerprint density at radius 3 is 1.08 bits per heavy atom. The van der Waals surface area contributed by atoms with Crippen LogP contribution < -0.4 is 21.2 Å². The first kappa shape index (κ1) is 24.1. The summed E-state index contributed by atoms with van der Waals surface area (Å²) in [6, 6.07) is 45.9. The van der Waals surface area contributed by atoms with Gasteiger partial charge in [-0.1, -0.05) is 0 Å². The first-order valence-corrected chi connectivity index (χ1v) is 15.3. The molecular weight excluding hydrogens is 483 g/mol. The molecule has 0 N–H and O–H groups in total. The van der Waals surface area contributed by atoms with E-state index in [1.165, 1.54) is 0 Å². The quantitative estimate of drug-likeness (QED) is 0.273. The van der Waals surface area contributed by atoms with Crippen molar-refractivity contribution < 1.29 is 12.4 Å². The third-order valence-corrected chi connectivity index (χ3v) is 14.5. The molecule has 3 nitrogen and oxygen atoms in total. The second-order valence-electron chi connectivity index (χ2n) is 8.72. The predicted octanol–water partition coefficient (Wildman–Crippen LogP) is 5.47. The molecule has 0 radical (unpaired) electrons. The standard InChI is InChI=1S/C31H27O3PS/c1-26-22-24-31(25-23-26)36(32,33)34-35(27-14-6-2-7-15-27,28-16-8-3-9-17-28,29-18-10-4-11-19-29)30-20-12-5-13-21-30/h2-25H,1H3. The predicted molar refractivity (Wildman–Crippen MR) is 151 cm³/mol. The summed E-state index contributed by atoms with van der Waals surface area (Å²) in [4.78, 5) is 0.126. The van der Waals surface area contributed by atoms with Crippen LogP contribution in [0.1, 0.15) is 5.56 Å². The molecule has 0 saturated heterocycles. The number of rotatable bonds is 7. The Morgan fingerprint density at radius 2 is 0.778 bits per heavy atom. The summed E-state index contributed by atoms with van der Waals surface area (Å²) in [6.07, 6.45) is 0. The third-order valence-electron chi connectivity index (χ3n) is 6.55. The van der Waals surface area contributed by atoms with E-state index in [1.807, 2.05) is 128 Å². The summed E-state index contributed by atoms with van der Waals surface area (Å²) in [5.74, 6) is 0. The van der Waals surface area contributed by atoms with Crippen molar-refractivity contribution in [3.63, 3.8) is 0 Å².